The number of hydrogen-bond acceptors (Lipinski definition) is 3. The summed E-state index contributed by atoms with van der Waals surface area (Å²) in [5, 5.41) is 2.46. The van der Waals surface area contributed by atoms with Gasteiger partial charge in [-0.25, -0.2) is 4.39 Å². The van der Waals surface area contributed by atoms with E-state index in [1.807, 2.05) is 0 Å². The largest absolute Gasteiger partial charge is 0.588 e. The first-order chi connectivity index (χ1) is 15.0. The van der Waals surface area contributed by atoms with E-state index < -0.39 is 33.9 Å². The number of nitrogens with one attached hydrogen (secondary N) is 2. The Morgan fingerprint density at radius 1 is 0.969 bits per heavy atom. The van der Waals surface area contributed by atoms with Gasteiger partial charge in [-0.3, -0.25) is 4.79 Å². The number of carbonyl (C=O) groups excluding carboxylic acids is 1. The molecule has 0 aliphatic heterocycles. The Labute approximate surface area is 182 Å². The van der Waals surface area contributed by atoms with Gasteiger partial charge in [0.1, 0.15) is 5.69 Å². The van der Waals surface area contributed by atoms with Crippen LogP contribution in [0.1, 0.15) is 11.1 Å². The molecule has 1 atom stereocenters. The Morgan fingerprint density at radius 2 is 1.66 bits per heavy atom. The summed E-state index contributed by atoms with van der Waals surface area (Å²) < 4.78 is 78.7. The van der Waals surface area contributed by atoms with E-state index in [0.717, 1.165) is 24.3 Å². The number of alkyl halides is 3. The van der Waals surface area contributed by atoms with Gasteiger partial charge in [0.15, 0.2) is 21.1 Å². The molecule has 0 fully saturated rings. The average Bonchev–Trinajstić information content (AvgIpc) is 2.74. The van der Waals surface area contributed by atoms with Gasteiger partial charge in [-0.1, -0.05) is 34.5 Å². The van der Waals surface area contributed by atoms with Gasteiger partial charge in [0.2, 0.25) is 5.91 Å². The fraction of sp³-hybridized carbons (Fsp3) is 0.0455. The van der Waals surface area contributed by atoms with Crippen molar-refractivity contribution in [3.05, 3.63) is 95.8 Å². The Kier molecular flexibility index (Phi) is 6.75. The van der Waals surface area contributed by atoms with Crippen molar-refractivity contribution < 1.29 is 31.1 Å². The summed E-state index contributed by atoms with van der Waals surface area (Å²) in [6, 6.07) is 14.8. The van der Waals surface area contributed by atoms with Crippen LogP contribution in [-0.4, -0.2) is 10.5 Å². The van der Waals surface area contributed by atoms with Crippen molar-refractivity contribution in [2.24, 2.45) is 0 Å². The first-order valence-electron chi connectivity index (χ1n) is 9.08. The summed E-state index contributed by atoms with van der Waals surface area (Å²) in [5.74, 6) is -1.37. The zero-order chi connectivity index (χ0) is 23.4. The van der Waals surface area contributed by atoms with Gasteiger partial charge in [0, 0.05) is 17.8 Å². The highest BCUT2D eigenvalue weighted by Gasteiger charge is 2.29. The highest BCUT2D eigenvalue weighted by atomic mass is 32.3. The number of hydrogen-bond donors (Lipinski definition) is 2. The highest BCUT2D eigenvalue weighted by molar-refractivity contribution is 7.99. The number of anilines is 2. The van der Waals surface area contributed by atoms with Crippen LogP contribution < -0.4 is 10.0 Å². The molecule has 0 aliphatic rings. The maximum Gasteiger partial charge on any atom is 0.416 e. The second-order valence-electron chi connectivity index (χ2n) is 6.56. The van der Waals surface area contributed by atoms with E-state index in [4.69, 9.17) is 0 Å². The Hall–Kier alpha value is -3.50. The summed E-state index contributed by atoms with van der Waals surface area (Å²) in [5.41, 5.74) is -0.496. The molecule has 3 aromatic carbocycles. The highest BCUT2D eigenvalue weighted by Crippen LogP contribution is 2.29. The number of rotatable bonds is 6. The van der Waals surface area contributed by atoms with Crippen LogP contribution >= 0.6 is 0 Å². The van der Waals surface area contributed by atoms with Crippen LogP contribution in [0.4, 0.5) is 28.9 Å². The van der Waals surface area contributed by atoms with Crippen LogP contribution in [0.15, 0.2) is 83.8 Å². The normalized spacial score (nSPS) is 13.5. The Balaban J connectivity index is 1.68. The molecule has 3 aromatic rings. The van der Waals surface area contributed by atoms with Gasteiger partial charge >= 0.3 is 6.18 Å². The van der Waals surface area contributed by atoms with Gasteiger partial charge in [-0.2, -0.15) is 17.9 Å². The van der Waals surface area contributed by atoms with Gasteiger partial charge in [-0.15, -0.1) is 0 Å². The molecule has 10 heteroatoms. The maximum atomic E-state index is 13.7. The van der Waals surface area contributed by atoms with E-state index in [2.05, 4.69) is 10.0 Å². The lowest BCUT2D eigenvalue weighted by Crippen LogP contribution is -2.22. The van der Waals surface area contributed by atoms with E-state index in [0.29, 0.717) is 5.56 Å². The first kappa shape index (κ1) is 23.2. The summed E-state index contributed by atoms with van der Waals surface area (Å²) >= 11 is 0. The lowest BCUT2D eigenvalue weighted by atomic mass is 10.1. The van der Waals surface area contributed by atoms with E-state index in [1.54, 1.807) is 0 Å². The van der Waals surface area contributed by atoms with Crippen molar-refractivity contribution in [2.45, 2.75) is 11.1 Å². The molecule has 2 N–H and O–H groups in total. The number of halogens is 4. The smallest absolute Gasteiger partial charge is 0.416 e. The SMILES string of the molecule is O=C(/C=C/c1ccc(C(F)(F)F)cc1)Nc1cccc([S+](=O)([O-])Nc2ccccc2F)c1. The molecule has 0 radical (unpaired) electrons. The van der Waals surface area contributed by atoms with Crippen LogP contribution in [-0.2, 0) is 25.6 Å². The van der Waals surface area contributed by atoms with E-state index >= 15 is 0 Å². The number of amides is 1. The number of benzene rings is 3. The molecule has 5 nitrogen and oxygen atoms in total. The minimum Gasteiger partial charge on any atom is -0.588 e. The molecule has 0 aliphatic carbocycles. The summed E-state index contributed by atoms with van der Waals surface area (Å²) in [7, 11) is -4.12. The van der Waals surface area contributed by atoms with Crippen LogP contribution in [0.2, 0.25) is 0 Å². The molecule has 0 spiro atoms. The second kappa shape index (κ2) is 9.33. The molecule has 0 heterocycles. The third-order valence-corrected chi connectivity index (χ3v) is 5.56. The lowest BCUT2D eigenvalue weighted by molar-refractivity contribution is -0.137. The van der Waals surface area contributed by atoms with Gasteiger partial charge in [0.25, 0.3) is 0 Å². The molecule has 1 unspecified atom stereocenters. The van der Waals surface area contributed by atoms with Crippen LogP contribution in [0.25, 0.3) is 6.08 Å². The van der Waals surface area contributed by atoms with Crippen LogP contribution in [0, 0.1) is 5.82 Å². The minimum atomic E-state index is -4.45. The zero-order valence-corrected chi connectivity index (χ0v) is 17.0. The summed E-state index contributed by atoms with van der Waals surface area (Å²) in [4.78, 5) is 11.9. The topological polar surface area (TPSA) is 81.3 Å². The lowest BCUT2D eigenvalue weighted by Gasteiger charge is -2.17. The molecule has 0 aromatic heterocycles. The maximum absolute atomic E-state index is 13.7. The predicted molar refractivity (Wildman–Crippen MR) is 113 cm³/mol. The standard InChI is InChI=1S/C22H16F4N2O3S/c23-19-6-1-2-7-20(19)28-32(30,31)18-5-3-4-17(14-18)27-21(29)13-10-15-8-11-16(12-9-15)22(24,25)26/h1-14H,(H2-,27,28,29,30,31)/b13-10+. The molecule has 32 heavy (non-hydrogen) atoms. The monoisotopic (exact) mass is 464 g/mol. The number of sulfonamides is 1. The molecule has 0 saturated carbocycles. The van der Waals surface area contributed by atoms with Crippen LogP contribution in [0.5, 0.6) is 0 Å². The average molecular weight is 464 g/mol. The van der Waals surface area contributed by atoms with E-state index in [-0.39, 0.29) is 16.3 Å². The van der Waals surface area contributed by atoms with Gasteiger partial charge in [-0.05, 0) is 48.0 Å². The predicted octanol–water partition coefficient (Wildman–Crippen LogP) is 5.51. The van der Waals surface area contributed by atoms with Crippen molar-refractivity contribution in [1.82, 2.24) is 0 Å². The van der Waals surface area contributed by atoms with Crippen LogP contribution in [0.3, 0.4) is 0 Å². The Bertz CT molecular complexity index is 1190. The fourth-order valence-corrected chi connectivity index (χ4v) is 3.74. The van der Waals surface area contributed by atoms with E-state index in [1.165, 1.54) is 60.7 Å². The Morgan fingerprint density at radius 3 is 2.31 bits per heavy atom. The van der Waals surface area contributed by atoms with Crippen molar-refractivity contribution in [3.63, 3.8) is 0 Å². The number of para-hydroxylation sites is 1. The minimum absolute atomic E-state index is 0.156. The summed E-state index contributed by atoms with van der Waals surface area (Å²) in [6.45, 7) is 0. The molecule has 1 amide bonds. The third kappa shape index (κ3) is 6.02. The quantitative estimate of drug-likeness (QED) is 0.287. The molecule has 0 saturated heterocycles. The van der Waals surface area contributed by atoms with Crippen molar-refractivity contribution in [3.8, 4) is 0 Å². The molecule has 166 valence electrons. The zero-order valence-electron chi connectivity index (χ0n) is 16.2. The third-order valence-electron chi connectivity index (χ3n) is 4.20. The number of carbonyl (C=O) groups is 1. The molecule has 3 rings (SSSR count). The summed E-state index contributed by atoms with van der Waals surface area (Å²) in [6.07, 6.45) is -2.04. The second-order valence-corrected chi connectivity index (χ2v) is 8.24. The van der Waals surface area contributed by atoms with E-state index in [9.17, 15) is 31.1 Å². The van der Waals surface area contributed by atoms with Crippen molar-refractivity contribution in [2.75, 3.05) is 10.0 Å². The van der Waals surface area contributed by atoms with Gasteiger partial charge < -0.3 is 9.87 Å². The molecular formula is C22H16F4N2O3S. The molecular weight excluding hydrogens is 448 g/mol. The van der Waals surface area contributed by atoms with Gasteiger partial charge in [0.05, 0.1) is 5.56 Å². The first-order valence-corrected chi connectivity index (χ1v) is 10.6. The molecule has 0 bridgehead atoms. The van der Waals surface area contributed by atoms with Crippen molar-refractivity contribution >= 4 is 33.8 Å². The van der Waals surface area contributed by atoms with Crippen molar-refractivity contribution in [1.29, 1.82) is 0 Å². The fourth-order valence-electron chi connectivity index (χ4n) is 2.63.